The van der Waals surface area contributed by atoms with Crippen molar-refractivity contribution >= 4 is 28.5 Å². The van der Waals surface area contributed by atoms with E-state index < -0.39 is 23.1 Å². The van der Waals surface area contributed by atoms with Gasteiger partial charge in [-0.25, -0.2) is 0 Å². The van der Waals surface area contributed by atoms with Gasteiger partial charge in [-0.05, 0) is 48.9 Å². The third-order valence-corrected chi connectivity index (χ3v) is 4.18. The molecule has 0 spiro atoms. The van der Waals surface area contributed by atoms with Gasteiger partial charge in [0.25, 0.3) is 0 Å². The van der Waals surface area contributed by atoms with Crippen molar-refractivity contribution in [3.63, 3.8) is 0 Å². The summed E-state index contributed by atoms with van der Waals surface area (Å²) in [5.41, 5.74) is 0.787. The first-order chi connectivity index (χ1) is 13.3. The van der Waals surface area contributed by atoms with Crippen LogP contribution in [0.5, 0.6) is 11.5 Å². The molecule has 144 valence electrons. The molecule has 0 bridgehead atoms. The quantitative estimate of drug-likeness (QED) is 0.531. The van der Waals surface area contributed by atoms with Crippen molar-refractivity contribution < 1.29 is 29.3 Å². The summed E-state index contributed by atoms with van der Waals surface area (Å²) in [6.07, 6.45) is -0.510. The molecule has 2 aromatic carbocycles. The summed E-state index contributed by atoms with van der Waals surface area (Å²) >= 11 is 0. The van der Waals surface area contributed by atoms with Gasteiger partial charge in [-0.2, -0.15) is 0 Å². The number of fused-ring (bicyclic) bond motifs is 1. The number of hydrogen-bond donors (Lipinski definition) is 4. The number of phenolic OH excluding ortho intramolecular Hbond substituents is 1. The molecule has 0 saturated heterocycles. The predicted octanol–water partition coefficient (Wildman–Crippen LogP) is 2.98. The Labute approximate surface area is 158 Å². The number of phenols is 1. The Morgan fingerprint density at radius 2 is 1.82 bits per heavy atom. The number of carboxylic acids is 1. The van der Waals surface area contributed by atoms with Crippen LogP contribution in [0.25, 0.3) is 22.3 Å². The van der Waals surface area contributed by atoms with Crippen LogP contribution in [-0.2, 0) is 9.59 Å². The van der Waals surface area contributed by atoms with Gasteiger partial charge in [0.2, 0.25) is 17.1 Å². The highest BCUT2D eigenvalue weighted by atomic mass is 16.4. The summed E-state index contributed by atoms with van der Waals surface area (Å²) in [6, 6.07) is 8.86. The van der Waals surface area contributed by atoms with Crippen LogP contribution in [0.1, 0.15) is 18.4 Å². The fraction of sp³-hybridized carbons (Fsp3) is 0.150. The highest BCUT2D eigenvalue weighted by Crippen LogP contribution is 2.33. The van der Waals surface area contributed by atoms with E-state index in [1.54, 1.807) is 13.0 Å². The molecule has 0 radical (unpaired) electrons. The molecule has 0 saturated carbocycles. The minimum Gasteiger partial charge on any atom is -0.508 e. The first kappa shape index (κ1) is 19.0. The number of carboxylic acid groups (broad SMARTS) is 1. The zero-order valence-corrected chi connectivity index (χ0v) is 14.9. The number of aliphatic carboxylic acids is 1. The van der Waals surface area contributed by atoms with Crippen molar-refractivity contribution in [2.45, 2.75) is 19.8 Å². The summed E-state index contributed by atoms with van der Waals surface area (Å²) in [7, 11) is 0. The van der Waals surface area contributed by atoms with Gasteiger partial charge in [0.15, 0.2) is 5.76 Å². The van der Waals surface area contributed by atoms with Crippen LogP contribution in [0.4, 0.5) is 5.69 Å². The van der Waals surface area contributed by atoms with E-state index in [0.29, 0.717) is 11.1 Å². The maximum absolute atomic E-state index is 12.6. The van der Waals surface area contributed by atoms with Gasteiger partial charge in [0.05, 0.1) is 11.8 Å². The highest BCUT2D eigenvalue weighted by molar-refractivity contribution is 5.95. The molecule has 1 aromatic heterocycles. The number of hydrogen-bond acceptors (Lipinski definition) is 6. The number of carbonyl (C=O) groups is 2. The lowest BCUT2D eigenvalue weighted by molar-refractivity contribution is -0.138. The largest absolute Gasteiger partial charge is 0.508 e. The number of benzene rings is 2. The number of amides is 1. The average Bonchev–Trinajstić information content (AvgIpc) is 2.65. The lowest BCUT2D eigenvalue weighted by Crippen LogP contribution is -2.13. The number of rotatable bonds is 5. The third-order valence-electron chi connectivity index (χ3n) is 4.18. The van der Waals surface area contributed by atoms with Crippen LogP contribution in [0.3, 0.4) is 0 Å². The Morgan fingerprint density at radius 3 is 2.50 bits per heavy atom. The number of carbonyl (C=O) groups excluding carboxylic acids is 1. The Bertz CT molecular complexity index is 1150. The standard InChI is InChI=1S/C20H17NO7/c1-10-8-11(2-4-14(10)22)20-19(27)18(26)13-9-12(3-5-15(13)28-20)21-16(23)6-7-17(24)25/h2-5,8-9,22,27H,6-7H2,1H3,(H,21,23)(H,24,25). The molecule has 3 aromatic rings. The summed E-state index contributed by atoms with van der Waals surface area (Å²) in [5.74, 6) is -2.14. The fourth-order valence-electron chi connectivity index (χ4n) is 2.70. The van der Waals surface area contributed by atoms with E-state index in [2.05, 4.69) is 5.32 Å². The van der Waals surface area contributed by atoms with Gasteiger partial charge in [0.1, 0.15) is 11.3 Å². The van der Waals surface area contributed by atoms with Crippen molar-refractivity contribution in [2.24, 2.45) is 0 Å². The molecule has 0 atom stereocenters. The van der Waals surface area contributed by atoms with Gasteiger partial charge in [-0.1, -0.05) is 0 Å². The van der Waals surface area contributed by atoms with E-state index >= 15 is 0 Å². The molecule has 3 rings (SSSR count). The molecule has 0 fully saturated rings. The fourth-order valence-corrected chi connectivity index (χ4v) is 2.70. The van der Waals surface area contributed by atoms with Gasteiger partial charge in [0, 0.05) is 17.7 Å². The van der Waals surface area contributed by atoms with E-state index in [9.17, 15) is 24.6 Å². The zero-order chi connectivity index (χ0) is 20.4. The van der Waals surface area contributed by atoms with Crippen LogP contribution < -0.4 is 10.7 Å². The van der Waals surface area contributed by atoms with Crippen LogP contribution in [0, 0.1) is 6.92 Å². The SMILES string of the molecule is Cc1cc(-c2oc3ccc(NC(=O)CCC(=O)O)cc3c(=O)c2O)ccc1O. The topological polar surface area (TPSA) is 137 Å². The van der Waals surface area contributed by atoms with Crippen molar-refractivity contribution in [3.05, 3.63) is 52.2 Å². The molecular weight excluding hydrogens is 366 g/mol. The van der Waals surface area contributed by atoms with E-state index in [-0.39, 0.29) is 41.0 Å². The molecule has 28 heavy (non-hydrogen) atoms. The summed E-state index contributed by atoms with van der Waals surface area (Å²) in [5, 5.41) is 31.1. The maximum atomic E-state index is 12.6. The van der Waals surface area contributed by atoms with E-state index in [1.807, 2.05) is 0 Å². The molecular formula is C20H17NO7. The Kier molecular flexibility index (Phi) is 5.04. The number of nitrogens with one attached hydrogen (secondary N) is 1. The van der Waals surface area contributed by atoms with Crippen molar-refractivity contribution in [1.82, 2.24) is 0 Å². The highest BCUT2D eigenvalue weighted by Gasteiger charge is 2.17. The van der Waals surface area contributed by atoms with Crippen LogP contribution >= 0.6 is 0 Å². The lowest BCUT2D eigenvalue weighted by atomic mass is 10.1. The second-order valence-corrected chi connectivity index (χ2v) is 6.26. The molecule has 4 N–H and O–H groups in total. The second-order valence-electron chi connectivity index (χ2n) is 6.26. The third kappa shape index (κ3) is 3.80. The van der Waals surface area contributed by atoms with Crippen molar-refractivity contribution in [2.75, 3.05) is 5.32 Å². The summed E-state index contributed by atoms with van der Waals surface area (Å²) in [4.78, 5) is 34.9. The zero-order valence-electron chi connectivity index (χ0n) is 14.9. The molecule has 1 heterocycles. The Balaban J connectivity index is 1.98. The molecule has 8 heteroatoms. The molecule has 1 amide bonds. The molecule has 0 unspecified atom stereocenters. The molecule has 0 aliphatic heterocycles. The molecule has 0 aliphatic rings. The van der Waals surface area contributed by atoms with Crippen molar-refractivity contribution in [3.8, 4) is 22.8 Å². The Morgan fingerprint density at radius 1 is 1.07 bits per heavy atom. The lowest BCUT2D eigenvalue weighted by Gasteiger charge is -2.09. The predicted molar refractivity (Wildman–Crippen MR) is 101 cm³/mol. The number of anilines is 1. The van der Waals surface area contributed by atoms with Crippen molar-refractivity contribution in [1.29, 1.82) is 0 Å². The Hall–Kier alpha value is -3.81. The average molecular weight is 383 g/mol. The summed E-state index contributed by atoms with van der Waals surface area (Å²) < 4.78 is 5.67. The van der Waals surface area contributed by atoms with Gasteiger partial charge < -0.3 is 25.1 Å². The van der Waals surface area contributed by atoms with E-state index in [0.717, 1.165) is 0 Å². The first-order valence-corrected chi connectivity index (χ1v) is 8.37. The van der Waals surface area contributed by atoms with Crippen LogP contribution in [0.2, 0.25) is 0 Å². The molecule has 0 aliphatic carbocycles. The van der Waals surface area contributed by atoms with Gasteiger partial charge in [-0.15, -0.1) is 0 Å². The minimum absolute atomic E-state index is 0.0288. The van der Waals surface area contributed by atoms with Gasteiger partial charge in [-0.3, -0.25) is 14.4 Å². The summed E-state index contributed by atoms with van der Waals surface area (Å²) in [6.45, 7) is 1.67. The van der Waals surface area contributed by atoms with E-state index in [1.165, 1.54) is 30.3 Å². The van der Waals surface area contributed by atoms with Crippen LogP contribution in [0.15, 0.2) is 45.6 Å². The maximum Gasteiger partial charge on any atom is 0.303 e. The van der Waals surface area contributed by atoms with Gasteiger partial charge >= 0.3 is 5.97 Å². The van der Waals surface area contributed by atoms with Crippen LogP contribution in [-0.4, -0.2) is 27.2 Å². The number of aryl methyl sites for hydroxylation is 1. The first-order valence-electron chi connectivity index (χ1n) is 8.37. The molecule has 8 nitrogen and oxygen atoms in total. The smallest absolute Gasteiger partial charge is 0.303 e. The van der Waals surface area contributed by atoms with E-state index in [4.69, 9.17) is 9.52 Å². The monoisotopic (exact) mass is 383 g/mol. The minimum atomic E-state index is -1.09. The second kappa shape index (κ2) is 7.43. The number of aromatic hydroxyl groups is 2. The normalized spacial score (nSPS) is 10.8.